The predicted molar refractivity (Wildman–Crippen MR) is 103 cm³/mol. The van der Waals surface area contributed by atoms with Gasteiger partial charge in [-0.25, -0.2) is 9.97 Å². The topological polar surface area (TPSA) is 68.0 Å². The fraction of sp³-hybridized carbons (Fsp3) is 0.0556. The number of thiazole rings is 1. The van der Waals surface area contributed by atoms with E-state index in [1.807, 2.05) is 36.4 Å². The molecule has 0 saturated carbocycles. The number of nitrogens with zero attached hydrogens (tertiary/aromatic N) is 2. The highest BCUT2D eigenvalue weighted by Crippen LogP contribution is 2.31. The van der Waals surface area contributed by atoms with E-state index in [2.05, 4.69) is 15.3 Å². The Hall–Kier alpha value is -2.41. The van der Waals surface area contributed by atoms with Crippen molar-refractivity contribution in [3.05, 3.63) is 70.2 Å². The van der Waals surface area contributed by atoms with Gasteiger partial charge < -0.3 is 9.73 Å². The fourth-order valence-electron chi connectivity index (χ4n) is 2.38. The van der Waals surface area contributed by atoms with E-state index in [0.29, 0.717) is 17.1 Å². The lowest BCUT2D eigenvalue weighted by Crippen LogP contribution is -2.22. The minimum Gasteiger partial charge on any atom is -0.457 e. The molecule has 1 amide bonds. The van der Waals surface area contributed by atoms with Gasteiger partial charge in [0.1, 0.15) is 10.9 Å². The zero-order valence-corrected chi connectivity index (χ0v) is 15.5. The minimum absolute atomic E-state index is 0.162. The monoisotopic (exact) mass is 403 g/mol. The Morgan fingerprint density at radius 1 is 1.19 bits per heavy atom. The molecule has 0 saturated heterocycles. The lowest BCUT2D eigenvalue weighted by molar-refractivity contribution is 0.0948. The summed E-state index contributed by atoms with van der Waals surface area (Å²) >= 11 is 13.2. The number of amides is 1. The van der Waals surface area contributed by atoms with Crippen molar-refractivity contribution in [1.82, 2.24) is 15.3 Å². The van der Waals surface area contributed by atoms with E-state index in [0.717, 1.165) is 15.2 Å². The molecule has 130 valence electrons. The number of rotatable bonds is 4. The summed E-state index contributed by atoms with van der Waals surface area (Å²) in [4.78, 5) is 20.6. The summed E-state index contributed by atoms with van der Waals surface area (Å²) in [5.41, 5.74) is 1.27. The van der Waals surface area contributed by atoms with E-state index in [-0.39, 0.29) is 22.6 Å². The highest BCUT2D eigenvalue weighted by Gasteiger charge is 2.12. The molecule has 3 heterocycles. The number of benzene rings is 1. The molecule has 0 radical (unpaired) electrons. The van der Waals surface area contributed by atoms with Crippen molar-refractivity contribution in [2.24, 2.45) is 0 Å². The van der Waals surface area contributed by atoms with E-state index in [1.165, 1.54) is 12.3 Å². The molecule has 0 aliphatic rings. The van der Waals surface area contributed by atoms with Crippen LogP contribution in [0.15, 0.2) is 53.1 Å². The van der Waals surface area contributed by atoms with Crippen LogP contribution in [-0.2, 0) is 6.54 Å². The van der Waals surface area contributed by atoms with Crippen LogP contribution >= 0.6 is 34.5 Å². The quantitative estimate of drug-likeness (QED) is 0.476. The standard InChI is InChI=1S/C18H11Cl2N3O2S/c19-12-7-10(8-21-16(12)20)17(24)22-9-11-5-6-14(25-11)18-23-13-3-1-2-4-15(13)26-18/h1-8H,9H2,(H,22,24). The maximum Gasteiger partial charge on any atom is 0.253 e. The van der Waals surface area contributed by atoms with Crippen LogP contribution in [0.3, 0.4) is 0 Å². The number of pyridine rings is 1. The summed E-state index contributed by atoms with van der Waals surface area (Å²) in [5, 5.41) is 3.96. The number of furan rings is 1. The number of carbonyl (C=O) groups excluding carboxylic acids is 1. The Bertz CT molecular complexity index is 1070. The van der Waals surface area contributed by atoms with Crippen LogP contribution in [0.1, 0.15) is 16.1 Å². The molecule has 5 nitrogen and oxygen atoms in total. The zero-order chi connectivity index (χ0) is 18.1. The lowest BCUT2D eigenvalue weighted by atomic mass is 10.2. The largest absolute Gasteiger partial charge is 0.457 e. The molecule has 0 bridgehead atoms. The summed E-state index contributed by atoms with van der Waals surface area (Å²) in [7, 11) is 0. The van der Waals surface area contributed by atoms with Gasteiger partial charge in [-0.2, -0.15) is 0 Å². The van der Waals surface area contributed by atoms with Crippen molar-refractivity contribution in [2.45, 2.75) is 6.54 Å². The summed E-state index contributed by atoms with van der Waals surface area (Å²) < 4.78 is 6.90. The molecule has 4 aromatic rings. The van der Waals surface area contributed by atoms with Crippen molar-refractivity contribution in [2.75, 3.05) is 0 Å². The van der Waals surface area contributed by atoms with Gasteiger partial charge in [0, 0.05) is 6.20 Å². The van der Waals surface area contributed by atoms with E-state index in [9.17, 15) is 4.79 Å². The molecule has 0 spiro atoms. The number of halogens is 2. The van der Waals surface area contributed by atoms with Gasteiger partial charge >= 0.3 is 0 Å². The Kier molecular flexibility index (Phi) is 4.63. The number of fused-ring (bicyclic) bond motifs is 1. The molecular weight excluding hydrogens is 393 g/mol. The van der Waals surface area contributed by atoms with Gasteiger partial charge in [-0.05, 0) is 30.3 Å². The first kappa shape index (κ1) is 17.0. The van der Waals surface area contributed by atoms with Crippen molar-refractivity contribution in [3.8, 4) is 10.8 Å². The SMILES string of the molecule is O=C(NCc1ccc(-c2nc3ccccc3s2)o1)c1cnc(Cl)c(Cl)c1. The van der Waals surface area contributed by atoms with Gasteiger partial charge in [0.2, 0.25) is 0 Å². The second kappa shape index (κ2) is 7.07. The molecule has 0 aliphatic heterocycles. The zero-order valence-electron chi connectivity index (χ0n) is 13.2. The lowest BCUT2D eigenvalue weighted by Gasteiger charge is -2.04. The van der Waals surface area contributed by atoms with Crippen LogP contribution < -0.4 is 5.32 Å². The Balaban J connectivity index is 1.46. The van der Waals surface area contributed by atoms with Gasteiger partial charge in [0.15, 0.2) is 10.8 Å². The van der Waals surface area contributed by atoms with Crippen molar-refractivity contribution < 1.29 is 9.21 Å². The second-order valence-corrected chi connectivity index (χ2v) is 7.23. The molecule has 26 heavy (non-hydrogen) atoms. The van der Waals surface area contributed by atoms with Gasteiger partial charge in [-0.3, -0.25) is 4.79 Å². The highest BCUT2D eigenvalue weighted by atomic mass is 35.5. The Morgan fingerprint density at radius 3 is 2.85 bits per heavy atom. The normalized spacial score (nSPS) is 11.0. The summed E-state index contributed by atoms with van der Waals surface area (Å²) in [6.07, 6.45) is 1.37. The summed E-state index contributed by atoms with van der Waals surface area (Å²) in [5.74, 6) is 0.987. The number of hydrogen-bond donors (Lipinski definition) is 1. The van der Waals surface area contributed by atoms with Gasteiger partial charge in [-0.15, -0.1) is 11.3 Å². The van der Waals surface area contributed by atoms with Gasteiger partial charge in [0.05, 0.1) is 27.3 Å². The first-order chi connectivity index (χ1) is 12.6. The van der Waals surface area contributed by atoms with E-state index >= 15 is 0 Å². The average molecular weight is 404 g/mol. The first-order valence-corrected chi connectivity index (χ1v) is 9.21. The molecule has 0 atom stereocenters. The molecule has 4 rings (SSSR count). The molecule has 8 heteroatoms. The van der Waals surface area contributed by atoms with Crippen LogP contribution in [0.4, 0.5) is 0 Å². The van der Waals surface area contributed by atoms with Crippen LogP contribution in [0, 0.1) is 0 Å². The van der Waals surface area contributed by atoms with Crippen LogP contribution in [0.25, 0.3) is 21.0 Å². The molecule has 0 fully saturated rings. The molecule has 1 N–H and O–H groups in total. The van der Waals surface area contributed by atoms with Crippen LogP contribution in [-0.4, -0.2) is 15.9 Å². The first-order valence-electron chi connectivity index (χ1n) is 7.64. The molecule has 3 aromatic heterocycles. The number of para-hydroxylation sites is 1. The van der Waals surface area contributed by atoms with Crippen molar-refractivity contribution in [1.29, 1.82) is 0 Å². The molecule has 1 aromatic carbocycles. The number of hydrogen-bond acceptors (Lipinski definition) is 5. The maximum absolute atomic E-state index is 12.2. The van der Waals surface area contributed by atoms with Crippen LogP contribution in [0.2, 0.25) is 10.2 Å². The van der Waals surface area contributed by atoms with Crippen molar-refractivity contribution in [3.63, 3.8) is 0 Å². The maximum atomic E-state index is 12.2. The van der Waals surface area contributed by atoms with E-state index in [4.69, 9.17) is 27.6 Å². The smallest absolute Gasteiger partial charge is 0.253 e. The molecular formula is C18H11Cl2N3O2S. The predicted octanol–water partition coefficient (Wildman–Crippen LogP) is 5.19. The molecule has 0 unspecified atom stereocenters. The van der Waals surface area contributed by atoms with E-state index < -0.39 is 0 Å². The fourth-order valence-corrected chi connectivity index (χ4v) is 3.58. The third-order valence-corrected chi connectivity index (χ3v) is 5.38. The number of nitrogens with one attached hydrogen (secondary N) is 1. The van der Waals surface area contributed by atoms with E-state index in [1.54, 1.807) is 11.3 Å². The number of aromatic nitrogens is 2. The van der Waals surface area contributed by atoms with Crippen molar-refractivity contribution >= 4 is 50.7 Å². The Morgan fingerprint density at radius 2 is 2.04 bits per heavy atom. The third-order valence-electron chi connectivity index (χ3n) is 3.65. The second-order valence-electron chi connectivity index (χ2n) is 5.43. The summed E-state index contributed by atoms with van der Waals surface area (Å²) in [6, 6.07) is 13.0. The number of carbonyl (C=O) groups is 1. The molecule has 0 aliphatic carbocycles. The summed E-state index contributed by atoms with van der Waals surface area (Å²) in [6.45, 7) is 0.240. The van der Waals surface area contributed by atoms with Gasteiger partial charge in [-0.1, -0.05) is 35.3 Å². The third kappa shape index (κ3) is 3.44. The Labute approximate surface area is 162 Å². The van der Waals surface area contributed by atoms with Crippen LogP contribution in [0.5, 0.6) is 0 Å². The average Bonchev–Trinajstić information content (AvgIpc) is 3.28. The minimum atomic E-state index is -0.311. The highest BCUT2D eigenvalue weighted by molar-refractivity contribution is 7.21. The van der Waals surface area contributed by atoms with Gasteiger partial charge in [0.25, 0.3) is 5.91 Å².